The SMILES string of the molecule is C[C@@H]1CCN(C(=O)CC#N)C[C@@H]1N(C)c1ncnc2c1ccn2C(=S)N(C)C(CCCCN)C(=O)O. The Bertz CT molecular complexity index is 1150. The largest absolute Gasteiger partial charge is 0.480 e. The van der Waals surface area contributed by atoms with Crippen molar-refractivity contribution in [2.75, 3.05) is 38.6 Å². The van der Waals surface area contributed by atoms with Gasteiger partial charge in [-0.1, -0.05) is 6.92 Å². The van der Waals surface area contributed by atoms with Crippen LogP contribution in [0.5, 0.6) is 0 Å². The zero-order valence-electron chi connectivity index (χ0n) is 21.0. The number of nitrogens with zero attached hydrogens (tertiary/aromatic N) is 7. The molecule has 11 nitrogen and oxygen atoms in total. The molecule has 0 saturated carbocycles. The maximum absolute atomic E-state index is 12.3. The second kappa shape index (κ2) is 12.1. The minimum Gasteiger partial charge on any atom is -0.480 e. The van der Waals surface area contributed by atoms with Crippen molar-refractivity contribution in [3.63, 3.8) is 0 Å². The van der Waals surface area contributed by atoms with E-state index in [2.05, 4.69) is 21.8 Å². The Labute approximate surface area is 216 Å². The lowest BCUT2D eigenvalue weighted by atomic mass is 9.92. The number of carboxylic acid groups (broad SMARTS) is 1. The molecule has 0 aromatic carbocycles. The Morgan fingerprint density at radius 1 is 1.36 bits per heavy atom. The van der Waals surface area contributed by atoms with Crippen LogP contribution in [0.3, 0.4) is 0 Å². The van der Waals surface area contributed by atoms with Crippen molar-refractivity contribution >= 4 is 46.1 Å². The lowest BCUT2D eigenvalue weighted by Crippen LogP contribution is -2.52. The number of hydrogen-bond acceptors (Lipinski definition) is 8. The van der Waals surface area contributed by atoms with Gasteiger partial charge in [0.25, 0.3) is 0 Å². The first-order valence-corrected chi connectivity index (χ1v) is 12.5. The normalized spacial score (nSPS) is 18.5. The number of carbonyl (C=O) groups excluding carboxylic acids is 1. The van der Waals surface area contributed by atoms with E-state index in [1.54, 1.807) is 27.6 Å². The van der Waals surface area contributed by atoms with Crippen molar-refractivity contribution in [1.82, 2.24) is 24.3 Å². The van der Waals surface area contributed by atoms with Gasteiger partial charge >= 0.3 is 5.97 Å². The van der Waals surface area contributed by atoms with Gasteiger partial charge in [-0.2, -0.15) is 5.26 Å². The standard InChI is InChI=1S/C24H34N8O3S/c1-16-8-12-31(20(33)7-11-26)14-19(16)29(2)21-17-9-13-32(22(17)28-15-27-21)24(36)30(3)18(23(34)35)6-4-5-10-25/h9,13,15-16,18-19H,4-8,10,12,14,25H2,1-3H3,(H,34,35)/t16-,18?,19+/m1/s1. The molecule has 12 heteroatoms. The number of amides is 1. The van der Waals surface area contributed by atoms with Crippen molar-refractivity contribution < 1.29 is 14.7 Å². The van der Waals surface area contributed by atoms with Gasteiger partial charge in [0.2, 0.25) is 5.91 Å². The van der Waals surface area contributed by atoms with Crippen molar-refractivity contribution in [3.05, 3.63) is 18.6 Å². The monoisotopic (exact) mass is 514 g/mol. The van der Waals surface area contributed by atoms with Crippen LogP contribution in [-0.2, 0) is 9.59 Å². The molecule has 3 rings (SSSR count). The van der Waals surface area contributed by atoms with Gasteiger partial charge in [0.15, 0.2) is 10.8 Å². The Hall–Kier alpha value is -3.30. The quantitative estimate of drug-likeness (QED) is 0.374. The molecule has 1 saturated heterocycles. The van der Waals surface area contributed by atoms with Gasteiger partial charge in [0, 0.05) is 33.4 Å². The lowest BCUT2D eigenvalue weighted by Gasteiger charge is -2.42. The van der Waals surface area contributed by atoms with Crippen LogP contribution >= 0.6 is 12.2 Å². The van der Waals surface area contributed by atoms with E-state index >= 15 is 0 Å². The zero-order chi connectivity index (χ0) is 26.4. The first kappa shape index (κ1) is 27.3. The third-order valence-electron chi connectivity index (χ3n) is 6.99. The third kappa shape index (κ3) is 5.74. The number of unbranched alkanes of at least 4 members (excludes halogenated alkanes) is 1. The van der Waals surface area contributed by atoms with E-state index in [-0.39, 0.29) is 18.4 Å². The molecule has 3 N–H and O–H groups in total. The summed E-state index contributed by atoms with van der Waals surface area (Å²) in [4.78, 5) is 38.6. The summed E-state index contributed by atoms with van der Waals surface area (Å²) >= 11 is 5.68. The van der Waals surface area contributed by atoms with Crippen LogP contribution in [-0.4, -0.2) is 92.2 Å². The van der Waals surface area contributed by atoms with Gasteiger partial charge in [-0.15, -0.1) is 0 Å². The fraction of sp³-hybridized carbons (Fsp3) is 0.583. The molecule has 3 atom stereocenters. The van der Waals surface area contributed by atoms with Crippen LogP contribution in [0.4, 0.5) is 5.82 Å². The van der Waals surface area contributed by atoms with Gasteiger partial charge < -0.3 is 25.5 Å². The van der Waals surface area contributed by atoms with E-state index < -0.39 is 12.0 Å². The molecule has 1 aliphatic heterocycles. The molecule has 3 heterocycles. The predicted octanol–water partition coefficient (Wildman–Crippen LogP) is 1.67. The summed E-state index contributed by atoms with van der Waals surface area (Å²) in [5.74, 6) is -0.0848. The molecule has 2 aromatic rings. The van der Waals surface area contributed by atoms with Crippen molar-refractivity contribution in [3.8, 4) is 6.07 Å². The molecule has 36 heavy (non-hydrogen) atoms. The molecular formula is C24H34N8O3S. The number of likely N-dealkylation sites (N-methyl/N-ethyl adjacent to an activating group) is 2. The van der Waals surface area contributed by atoms with E-state index in [1.165, 1.54) is 6.33 Å². The number of aromatic nitrogens is 3. The summed E-state index contributed by atoms with van der Waals surface area (Å²) < 4.78 is 1.70. The van der Waals surface area contributed by atoms with Crippen LogP contribution < -0.4 is 10.6 Å². The van der Waals surface area contributed by atoms with Crippen LogP contribution in [0.2, 0.25) is 0 Å². The van der Waals surface area contributed by atoms with E-state index in [1.807, 2.05) is 19.2 Å². The summed E-state index contributed by atoms with van der Waals surface area (Å²) in [6, 6.07) is 3.05. The summed E-state index contributed by atoms with van der Waals surface area (Å²) in [5.41, 5.74) is 6.14. The Morgan fingerprint density at radius 3 is 2.78 bits per heavy atom. The number of anilines is 1. The maximum atomic E-state index is 12.3. The average Bonchev–Trinajstić information content (AvgIpc) is 3.30. The maximum Gasteiger partial charge on any atom is 0.326 e. The molecule has 1 unspecified atom stereocenters. The minimum atomic E-state index is -0.940. The second-order valence-electron chi connectivity index (χ2n) is 9.27. The van der Waals surface area contributed by atoms with Crippen LogP contribution in [0, 0.1) is 17.2 Å². The van der Waals surface area contributed by atoms with Crippen LogP contribution in [0.15, 0.2) is 18.6 Å². The first-order valence-electron chi connectivity index (χ1n) is 12.1. The number of piperidine rings is 1. The van der Waals surface area contributed by atoms with Gasteiger partial charge in [0.05, 0.1) is 17.5 Å². The highest BCUT2D eigenvalue weighted by atomic mass is 32.1. The topological polar surface area (TPSA) is 145 Å². The average molecular weight is 515 g/mol. The smallest absolute Gasteiger partial charge is 0.326 e. The van der Waals surface area contributed by atoms with E-state index in [0.717, 1.165) is 18.2 Å². The third-order valence-corrected chi connectivity index (χ3v) is 7.47. The number of carboxylic acids is 1. The predicted molar refractivity (Wildman–Crippen MR) is 140 cm³/mol. The Balaban J connectivity index is 1.87. The van der Waals surface area contributed by atoms with Gasteiger partial charge in [-0.3, -0.25) is 9.36 Å². The summed E-state index contributed by atoms with van der Waals surface area (Å²) in [6.45, 7) is 3.81. The highest BCUT2D eigenvalue weighted by molar-refractivity contribution is 7.80. The number of thiocarbonyl (C=S) groups is 1. The minimum absolute atomic E-state index is 0.0106. The number of aliphatic carboxylic acids is 1. The van der Waals surface area contributed by atoms with Crippen molar-refractivity contribution in [2.24, 2.45) is 11.7 Å². The molecule has 0 spiro atoms. The van der Waals surface area contributed by atoms with E-state index in [4.69, 9.17) is 23.2 Å². The summed E-state index contributed by atoms with van der Waals surface area (Å²) in [7, 11) is 3.63. The number of fused-ring (bicyclic) bond motifs is 1. The summed E-state index contributed by atoms with van der Waals surface area (Å²) in [6.07, 6.45) is 5.83. The van der Waals surface area contributed by atoms with Crippen LogP contribution in [0.25, 0.3) is 11.0 Å². The van der Waals surface area contributed by atoms with Gasteiger partial charge in [-0.25, -0.2) is 14.8 Å². The highest BCUT2D eigenvalue weighted by Gasteiger charge is 2.33. The molecule has 2 aromatic heterocycles. The number of nitrogens with two attached hydrogens (primary N) is 1. The fourth-order valence-electron chi connectivity index (χ4n) is 4.76. The fourth-order valence-corrected chi connectivity index (χ4v) is 5.03. The molecule has 1 aliphatic rings. The number of hydrogen-bond donors (Lipinski definition) is 2. The molecule has 0 radical (unpaired) electrons. The van der Waals surface area contributed by atoms with Crippen molar-refractivity contribution in [1.29, 1.82) is 5.26 Å². The van der Waals surface area contributed by atoms with E-state index in [0.29, 0.717) is 55.0 Å². The van der Waals surface area contributed by atoms with Crippen molar-refractivity contribution in [2.45, 2.75) is 51.1 Å². The first-order chi connectivity index (χ1) is 17.2. The molecule has 1 amide bonds. The molecule has 194 valence electrons. The number of rotatable bonds is 9. The van der Waals surface area contributed by atoms with Gasteiger partial charge in [-0.05, 0) is 56.4 Å². The lowest BCUT2D eigenvalue weighted by molar-refractivity contribution is -0.141. The summed E-state index contributed by atoms with van der Waals surface area (Å²) in [5, 5.41) is 19.8. The second-order valence-corrected chi connectivity index (χ2v) is 9.64. The Kier molecular flexibility index (Phi) is 9.17. The number of likely N-dealkylation sites (tertiary alicyclic amines) is 1. The molecule has 0 aliphatic carbocycles. The molecular weight excluding hydrogens is 480 g/mol. The number of carbonyl (C=O) groups is 2. The number of nitriles is 1. The molecule has 1 fully saturated rings. The zero-order valence-corrected chi connectivity index (χ0v) is 21.8. The van der Waals surface area contributed by atoms with Crippen LogP contribution in [0.1, 0.15) is 39.0 Å². The molecule has 0 bridgehead atoms. The van der Waals surface area contributed by atoms with Gasteiger partial charge in [0.1, 0.15) is 24.6 Å². The van der Waals surface area contributed by atoms with E-state index in [9.17, 15) is 14.7 Å². The Morgan fingerprint density at radius 2 is 2.11 bits per heavy atom. The highest BCUT2D eigenvalue weighted by Crippen LogP contribution is 2.30.